The summed E-state index contributed by atoms with van der Waals surface area (Å²) in [6, 6.07) is 3.15. The number of carbonyl (C=O) groups is 1. The number of nitrogens with zero attached hydrogens (tertiary/aromatic N) is 1. The van der Waals surface area contributed by atoms with Crippen molar-refractivity contribution in [3.8, 4) is 0 Å². The molecule has 1 N–H and O–H groups in total. The number of halogens is 2. The SMILES string of the molecule is CCOC(=NC(=O)O)c1c(F)cccc1F. The molecule has 0 aliphatic rings. The minimum absolute atomic E-state index is 0.0554. The highest BCUT2D eigenvalue weighted by atomic mass is 19.1. The Kier molecular flexibility index (Phi) is 3.93. The van der Waals surface area contributed by atoms with Gasteiger partial charge < -0.3 is 9.84 Å². The molecule has 4 nitrogen and oxygen atoms in total. The van der Waals surface area contributed by atoms with Crippen LogP contribution in [0.3, 0.4) is 0 Å². The smallest absolute Gasteiger partial charge is 0.434 e. The maximum Gasteiger partial charge on any atom is 0.434 e. The molecule has 1 aromatic carbocycles. The summed E-state index contributed by atoms with van der Waals surface area (Å²) in [6.07, 6.45) is -1.58. The van der Waals surface area contributed by atoms with Crippen molar-refractivity contribution in [2.75, 3.05) is 6.61 Å². The molecule has 1 amide bonds. The number of ether oxygens (including phenoxy) is 1. The molecule has 0 fully saturated rings. The summed E-state index contributed by atoms with van der Waals surface area (Å²) >= 11 is 0. The molecule has 0 bridgehead atoms. The highest BCUT2D eigenvalue weighted by molar-refractivity contribution is 6.00. The Labute approximate surface area is 90.2 Å². The van der Waals surface area contributed by atoms with Crippen LogP contribution in [-0.2, 0) is 4.74 Å². The Hall–Kier alpha value is -1.98. The summed E-state index contributed by atoms with van der Waals surface area (Å²) in [5.41, 5.74) is -0.577. The molecule has 0 saturated heterocycles. The second-order valence-electron chi connectivity index (χ2n) is 2.73. The molecule has 16 heavy (non-hydrogen) atoms. The molecule has 0 atom stereocenters. The van der Waals surface area contributed by atoms with Crippen LogP contribution in [0.25, 0.3) is 0 Å². The second-order valence-corrected chi connectivity index (χ2v) is 2.73. The molecule has 0 unspecified atom stereocenters. The zero-order valence-corrected chi connectivity index (χ0v) is 8.41. The summed E-state index contributed by atoms with van der Waals surface area (Å²) in [5.74, 6) is -2.42. The van der Waals surface area contributed by atoms with E-state index < -0.39 is 29.2 Å². The standard InChI is InChI=1S/C10H9F2NO3/c1-2-16-9(13-10(14)15)8-6(11)4-3-5-7(8)12/h3-5H,2H2,1H3,(H,14,15). The van der Waals surface area contributed by atoms with E-state index in [1.165, 1.54) is 6.07 Å². The molecule has 0 spiro atoms. The van der Waals surface area contributed by atoms with Gasteiger partial charge in [0, 0.05) is 0 Å². The van der Waals surface area contributed by atoms with E-state index in [0.717, 1.165) is 12.1 Å². The van der Waals surface area contributed by atoms with Crippen LogP contribution in [0.2, 0.25) is 0 Å². The Morgan fingerprint density at radius 1 is 1.44 bits per heavy atom. The zero-order valence-electron chi connectivity index (χ0n) is 8.41. The van der Waals surface area contributed by atoms with Gasteiger partial charge in [-0.15, -0.1) is 4.99 Å². The lowest BCUT2D eigenvalue weighted by Gasteiger charge is -2.07. The Morgan fingerprint density at radius 2 is 2.00 bits per heavy atom. The third-order valence-corrected chi connectivity index (χ3v) is 1.65. The van der Waals surface area contributed by atoms with E-state index in [1.54, 1.807) is 6.92 Å². The summed E-state index contributed by atoms with van der Waals surface area (Å²) in [4.78, 5) is 13.4. The van der Waals surface area contributed by atoms with Crippen molar-refractivity contribution >= 4 is 12.0 Å². The maximum absolute atomic E-state index is 13.3. The number of rotatable bonds is 2. The van der Waals surface area contributed by atoms with Gasteiger partial charge >= 0.3 is 6.09 Å². The second kappa shape index (κ2) is 5.20. The molecule has 1 rings (SSSR count). The van der Waals surface area contributed by atoms with Crippen molar-refractivity contribution in [2.24, 2.45) is 4.99 Å². The maximum atomic E-state index is 13.3. The van der Waals surface area contributed by atoms with E-state index in [4.69, 9.17) is 9.84 Å². The Bertz CT molecular complexity index is 412. The predicted molar refractivity (Wildman–Crippen MR) is 52.5 cm³/mol. The van der Waals surface area contributed by atoms with Crippen LogP contribution in [0.4, 0.5) is 13.6 Å². The first kappa shape index (κ1) is 12.1. The lowest BCUT2D eigenvalue weighted by atomic mass is 10.2. The topological polar surface area (TPSA) is 58.9 Å². The largest absolute Gasteiger partial charge is 0.477 e. The normalized spacial score (nSPS) is 11.3. The van der Waals surface area contributed by atoms with Gasteiger partial charge in [-0.3, -0.25) is 0 Å². The van der Waals surface area contributed by atoms with Crippen LogP contribution in [0.1, 0.15) is 12.5 Å². The molecule has 0 aliphatic heterocycles. The van der Waals surface area contributed by atoms with Gasteiger partial charge in [-0.25, -0.2) is 13.6 Å². The van der Waals surface area contributed by atoms with Crippen LogP contribution < -0.4 is 0 Å². The van der Waals surface area contributed by atoms with Crippen molar-refractivity contribution in [1.29, 1.82) is 0 Å². The van der Waals surface area contributed by atoms with E-state index in [1.807, 2.05) is 0 Å². The van der Waals surface area contributed by atoms with Crippen molar-refractivity contribution in [3.63, 3.8) is 0 Å². The van der Waals surface area contributed by atoms with Gasteiger partial charge in [-0.1, -0.05) is 6.07 Å². The summed E-state index contributed by atoms with van der Waals surface area (Å²) in [7, 11) is 0. The third kappa shape index (κ3) is 2.75. The average molecular weight is 229 g/mol. The highest BCUT2D eigenvalue weighted by Crippen LogP contribution is 2.14. The number of amides is 1. The number of benzene rings is 1. The van der Waals surface area contributed by atoms with E-state index in [9.17, 15) is 13.6 Å². The fraction of sp³-hybridized carbons (Fsp3) is 0.200. The van der Waals surface area contributed by atoms with Gasteiger partial charge in [0.2, 0.25) is 5.90 Å². The minimum Gasteiger partial charge on any atom is -0.477 e. The number of carboxylic acid groups (broad SMARTS) is 1. The summed E-state index contributed by atoms with van der Waals surface area (Å²) < 4.78 is 31.4. The molecule has 0 aliphatic carbocycles. The van der Waals surface area contributed by atoms with Crippen molar-refractivity contribution < 1.29 is 23.4 Å². The summed E-state index contributed by atoms with van der Waals surface area (Å²) in [6.45, 7) is 1.61. The average Bonchev–Trinajstić information content (AvgIpc) is 2.16. The quantitative estimate of drug-likeness (QED) is 0.625. The molecule has 0 aromatic heterocycles. The van der Waals surface area contributed by atoms with E-state index in [2.05, 4.69) is 4.99 Å². The van der Waals surface area contributed by atoms with Crippen LogP contribution in [0.5, 0.6) is 0 Å². The predicted octanol–water partition coefficient (Wildman–Crippen LogP) is 2.43. The van der Waals surface area contributed by atoms with E-state index in [0.29, 0.717) is 0 Å². The van der Waals surface area contributed by atoms with Crippen molar-refractivity contribution in [1.82, 2.24) is 0 Å². The van der Waals surface area contributed by atoms with E-state index >= 15 is 0 Å². The van der Waals surface area contributed by atoms with E-state index in [-0.39, 0.29) is 6.61 Å². The molecular weight excluding hydrogens is 220 g/mol. The van der Waals surface area contributed by atoms with Crippen molar-refractivity contribution in [2.45, 2.75) is 6.92 Å². The monoisotopic (exact) mass is 229 g/mol. The molecule has 0 saturated carbocycles. The fourth-order valence-electron chi connectivity index (χ4n) is 1.09. The molecule has 0 radical (unpaired) electrons. The molecule has 86 valence electrons. The van der Waals surface area contributed by atoms with Crippen molar-refractivity contribution in [3.05, 3.63) is 35.4 Å². The number of hydrogen-bond donors (Lipinski definition) is 1. The Morgan fingerprint density at radius 3 is 2.44 bits per heavy atom. The molecule has 0 heterocycles. The first-order chi connectivity index (χ1) is 7.56. The van der Waals surface area contributed by atoms with Crippen LogP contribution in [0.15, 0.2) is 23.2 Å². The van der Waals surface area contributed by atoms with Gasteiger partial charge in [0.25, 0.3) is 0 Å². The summed E-state index contributed by atoms with van der Waals surface area (Å²) in [5, 5.41) is 8.44. The minimum atomic E-state index is -1.58. The van der Waals surface area contributed by atoms with Gasteiger partial charge in [-0.05, 0) is 19.1 Å². The lowest BCUT2D eigenvalue weighted by molar-refractivity contribution is 0.204. The molecule has 6 heteroatoms. The van der Waals surface area contributed by atoms with Crippen LogP contribution >= 0.6 is 0 Å². The zero-order chi connectivity index (χ0) is 12.1. The van der Waals surface area contributed by atoms with Crippen LogP contribution in [-0.4, -0.2) is 23.7 Å². The van der Waals surface area contributed by atoms with Gasteiger partial charge in [0.1, 0.15) is 17.2 Å². The first-order valence-corrected chi connectivity index (χ1v) is 4.45. The van der Waals surface area contributed by atoms with Gasteiger partial charge in [0.15, 0.2) is 0 Å². The lowest BCUT2D eigenvalue weighted by Crippen LogP contribution is -2.13. The highest BCUT2D eigenvalue weighted by Gasteiger charge is 2.17. The van der Waals surface area contributed by atoms with Gasteiger partial charge in [0.05, 0.1) is 6.61 Å². The number of aliphatic imine (C=N–C) groups is 1. The fourth-order valence-corrected chi connectivity index (χ4v) is 1.09. The van der Waals surface area contributed by atoms with Gasteiger partial charge in [-0.2, -0.15) is 0 Å². The molecule has 1 aromatic rings. The number of hydrogen-bond acceptors (Lipinski definition) is 2. The molecular formula is C10H9F2NO3. The first-order valence-electron chi connectivity index (χ1n) is 4.45. The third-order valence-electron chi connectivity index (χ3n) is 1.65. The van der Waals surface area contributed by atoms with Crippen LogP contribution in [0, 0.1) is 11.6 Å². The Balaban J connectivity index is 3.26.